The molecule has 0 radical (unpaired) electrons. The van der Waals surface area contributed by atoms with Crippen LogP contribution >= 0.6 is 0 Å². The number of carbonyl (C=O) groups is 1. The average Bonchev–Trinajstić information content (AvgIpc) is 2.95. The normalized spacial score (nSPS) is 23.3. The van der Waals surface area contributed by atoms with Gasteiger partial charge in [-0.1, -0.05) is 6.92 Å². The smallest absolute Gasteiger partial charge is 0.287 e. The van der Waals surface area contributed by atoms with Crippen LogP contribution in [0, 0.1) is 6.92 Å². The second-order valence-corrected chi connectivity index (χ2v) is 4.59. The Morgan fingerprint density at radius 3 is 3.00 bits per heavy atom. The molecule has 1 fully saturated rings. The van der Waals surface area contributed by atoms with E-state index in [1.54, 1.807) is 7.11 Å². The third-order valence-corrected chi connectivity index (χ3v) is 3.30. The van der Waals surface area contributed by atoms with E-state index < -0.39 is 0 Å². The number of ether oxygens (including phenoxy) is 1. The lowest BCUT2D eigenvalue weighted by atomic mass is 10.2. The maximum atomic E-state index is 12.1. The largest absolute Gasteiger partial charge is 0.456 e. The number of methoxy groups -OCH3 is 1. The molecule has 1 aromatic heterocycles. The van der Waals surface area contributed by atoms with Crippen molar-refractivity contribution < 1.29 is 13.9 Å². The second kappa shape index (κ2) is 5.54. The Morgan fingerprint density at radius 2 is 2.39 bits per heavy atom. The zero-order valence-electron chi connectivity index (χ0n) is 11.1. The molecule has 100 valence electrons. The van der Waals surface area contributed by atoms with Gasteiger partial charge in [0, 0.05) is 32.2 Å². The van der Waals surface area contributed by atoms with Crippen molar-refractivity contribution in [1.29, 1.82) is 0 Å². The van der Waals surface area contributed by atoms with Gasteiger partial charge in [-0.3, -0.25) is 4.79 Å². The maximum absolute atomic E-state index is 12.1. The summed E-state index contributed by atoms with van der Waals surface area (Å²) >= 11 is 0. The molecule has 1 aliphatic heterocycles. The molecule has 1 aliphatic rings. The highest BCUT2D eigenvalue weighted by Gasteiger charge is 2.29. The minimum absolute atomic E-state index is 0.00271. The molecule has 0 aromatic carbocycles. The monoisotopic (exact) mass is 252 g/mol. The van der Waals surface area contributed by atoms with Crippen LogP contribution in [-0.4, -0.2) is 38.3 Å². The third kappa shape index (κ3) is 2.57. The van der Waals surface area contributed by atoms with E-state index >= 15 is 0 Å². The predicted octanol–water partition coefficient (Wildman–Crippen LogP) is 0.867. The second-order valence-electron chi connectivity index (χ2n) is 4.59. The van der Waals surface area contributed by atoms with Crippen LogP contribution in [0.5, 0.6) is 0 Å². The third-order valence-electron chi connectivity index (χ3n) is 3.30. The van der Waals surface area contributed by atoms with Crippen LogP contribution in [-0.2, 0) is 11.2 Å². The molecule has 0 saturated carbocycles. The standard InChI is InChI=1S/C13H20N2O3/c1-4-9-5-8(2)12(18-9)13(16)15-10-6-14-7-11(10)17-3/h5,10-11,14H,4,6-7H2,1-3H3,(H,15,16)/t10?,11-/m0/s1. The van der Waals surface area contributed by atoms with Gasteiger partial charge in [0.15, 0.2) is 5.76 Å². The van der Waals surface area contributed by atoms with Gasteiger partial charge < -0.3 is 19.8 Å². The molecule has 1 saturated heterocycles. The minimum Gasteiger partial charge on any atom is -0.456 e. The number of aryl methyl sites for hydroxylation is 2. The Morgan fingerprint density at radius 1 is 1.61 bits per heavy atom. The summed E-state index contributed by atoms with van der Waals surface area (Å²) in [5, 5.41) is 6.15. The fourth-order valence-electron chi connectivity index (χ4n) is 2.23. The van der Waals surface area contributed by atoms with Gasteiger partial charge in [0.25, 0.3) is 5.91 Å². The number of nitrogens with one attached hydrogen (secondary N) is 2. The highest BCUT2D eigenvalue weighted by Crippen LogP contribution is 2.15. The van der Waals surface area contributed by atoms with Crippen molar-refractivity contribution in [3.05, 3.63) is 23.2 Å². The van der Waals surface area contributed by atoms with E-state index in [1.165, 1.54) is 0 Å². The molecule has 18 heavy (non-hydrogen) atoms. The Hall–Kier alpha value is -1.33. The number of carbonyl (C=O) groups excluding carboxylic acids is 1. The molecule has 5 nitrogen and oxygen atoms in total. The van der Waals surface area contributed by atoms with Crippen molar-refractivity contribution in [2.24, 2.45) is 0 Å². The van der Waals surface area contributed by atoms with Gasteiger partial charge in [-0.2, -0.15) is 0 Å². The lowest BCUT2D eigenvalue weighted by Crippen LogP contribution is -2.43. The van der Waals surface area contributed by atoms with Crippen LogP contribution in [0.4, 0.5) is 0 Å². The topological polar surface area (TPSA) is 63.5 Å². The Kier molecular flexibility index (Phi) is 4.04. The summed E-state index contributed by atoms with van der Waals surface area (Å²) in [6.45, 7) is 5.38. The molecule has 1 aromatic rings. The highest BCUT2D eigenvalue weighted by atomic mass is 16.5. The first-order valence-electron chi connectivity index (χ1n) is 6.29. The lowest BCUT2D eigenvalue weighted by Gasteiger charge is -2.17. The van der Waals surface area contributed by atoms with Crippen molar-refractivity contribution in [2.45, 2.75) is 32.4 Å². The molecule has 2 rings (SSSR count). The Bertz CT molecular complexity index is 428. The van der Waals surface area contributed by atoms with Gasteiger partial charge in [0.1, 0.15) is 5.76 Å². The summed E-state index contributed by atoms with van der Waals surface area (Å²) < 4.78 is 10.8. The number of amides is 1. The van der Waals surface area contributed by atoms with Crippen LogP contribution in [0.1, 0.15) is 28.8 Å². The number of hydrogen-bond donors (Lipinski definition) is 2. The van der Waals surface area contributed by atoms with Crippen molar-refractivity contribution in [3.8, 4) is 0 Å². The minimum atomic E-state index is -0.164. The number of hydrogen-bond acceptors (Lipinski definition) is 4. The first kappa shape index (κ1) is 13.1. The molecule has 0 bridgehead atoms. The average molecular weight is 252 g/mol. The molecule has 2 heterocycles. The number of rotatable bonds is 4. The first-order valence-corrected chi connectivity index (χ1v) is 6.29. The van der Waals surface area contributed by atoms with Gasteiger partial charge in [-0.05, 0) is 13.0 Å². The van der Waals surface area contributed by atoms with E-state index in [0.29, 0.717) is 5.76 Å². The van der Waals surface area contributed by atoms with E-state index in [9.17, 15) is 4.79 Å². The first-order chi connectivity index (χ1) is 8.65. The molecule has 1 amide bonds. The van der Waals surface area contributed by atoms with Gasteiger partial charge >= 0.3 is 0 Å². The summed E-state index contributed by atoms with van der Waals surface area (Å²) in [6.07, 6.45) is 0.814. The van der Waals surface area contributed by atoms with E-state index in [-0.39, 0.29) is 18.1 Å². The molecule has 2 N–H and O–H groups in total. The van der Waals surface area contributed by atoms with Crippen LogP contribution in [0.15, 0.2) is 10.5 Å². The fraction of sp³-hybridized carbons (Fsp3) is 0.615. The molecule has 1 unspecified atom stereocenters. The van der Waals surface area contributed by atoms with E-state index in [1.807, 2.05) is 19.9 Å². The van der Waals surface area contributed by atoms with E-state index in [4.69, 9.17) is 9.15 Å². The van der Waals surface area contributed by atoms with Crippen LogP contribution < -0.4 is 10.6 Å². The molecule has 2 atom stereocenters. The SMILES string of the molecule is CCc1cc(C)c(C(=O)NC2CNC[C@@H]2OC)o1. The van der Waals surface area contributed by atoms with Gasteiger partial charge in [0.2, 0.25) is 0 Å². The molecule has 0 aliphatic carbocycles. The Balaban J connectivity index is 2.05. The van der Waals surface area contributed by atoms with Crippen molar-refractivity contribution in [1.82, 2.24) is 10.6 Å². The molecule has 0 spiro atoms. The Labute approximate surface area is 107 Å². The van der Waals surface area contributed by atoms with Crippen molar-refractivity contribution in [2.75, 3.05) is 20.2 Å². The molecule has 5 heteroatoms. The van der Waals surface area contributed by atoms with Crippen LogP contribution in [0.2, 0.25) is 0 Å². The van der Waals surface area contributed by atoms with Gasteiger partial charge in [-0.15, -0.1) is 0 Å². The predicted molar refractivity (Wildman–Crippen MR) is 67.7 cm³/mol. The summed E-state index contributed by atoms with van der Waals surface area (Å²) in [7, 11) is 1.66. The highest BCUT2D eigenvalue weighted by molar-refractivity contribution is 5.93. The van der Waals surface area contributed by atoms with Crippen LogP contribution in [0.3, 0.4) is 0 Å². The molecular weight excluding hydrogens is 232 g/mol. The summed E-state index contributed by atoms with van der Waals surface area (Å²) in [5.41, 5.74) is 0.879. The zero-order valence-corrected chi connectivity index (χ0v) is 11.1. The van der Waals surface area contributed by atoms with E-state index in [2.05, 4.69) is 10.6 Å². The van der Waals surface area contributed by atoms with Gasteiger partial charge in [0.05, 0.1) is 12.1 Å². The molecular formula is C13H20N2O3. The summed E-state index contributed by atoms with van der Waals surface area (Å²) in [5.74, 6) is 1.09. The number of furan rings is 1. The summed E-state index contributed by atoms with van der Waals surface area (Å²) in [6, 6.07) is 1.91. The lowest BCUT2D eigenvalue weighted by molar-refractivity contribution is 0.0758. The van der Waals surface area contributed by atoms with Crippen molar-refractivity contribution >= 4 is 5.91 Å². The van der Waals surface area contributed by atoms with Crippen molar-refractivity contribution in [3.63, 3.8) is 0 Å². The van der Waals surface area contributed by atoms with Crippen LogP contribution in [0.25, 0.3) is 0 Å². The van der Waals surface area contributed by atoms with E-state index in [0.717, 1.165) is 30.8 Å². The maximum Gasteiger partial charge on any atom is 0.287 e. The quantitative estimate of drug-likeness (QED) is 0.834. The van der Waals surface area contributed by atoms with Gasteiger partial charge in [-0.25, -0.2) is 0 Å². The zero-order chi connectivity index (χ0) is 13.1. The fourth-order valence-corrected chi connectivity index (χ4v) is 2.23. The summed E-state index contributed by atoms with van der Waals surface area (Å²) in [4.78, 5) is 12.1.